The zero-order chi connectivity index (χ0) is 15.7. The molecule has 3 aromatic rings. The number of fused-ring (bicyclic) bond motifs is 1. The van der Waals surface area contributed by atoms with Crippen molar-refractivity contribution in [2.45, 2.75) is 13.0 Å². The molecule has 1 atom stereocenters. The molecule has 1 heterocycles. The van der Waals surface area contributed by atoms with Crippen molar-refractivity contribution in [3.8, 4) is 5.75 Å². The van der Waals surface area contributed by atoms with Crippen LogP contribution in [0.3, 0.4) is 0 Å². The Morgan fingerprint density at radius 1 is 1.18 bits per heavy atom. The van der Waals surface area contributed by atoms with Crippen LogP contribution in [0.25, 0.3) is 10.9 Å². The smallest absolute Gasteiger partial charge is 0.258 e. The lowest BCUT2D eigenvalue weighted by atomic mass is 10.2. The number of halogens is 2. The molecule has 2 aromatic carbocycles. The molecule has 3 rings (SSSR count). The maximum absolute atomic E-state index is 12.1. The Morgan fingerprint density at radius 2 is 1.95 bits per heavy atom. The van der Waals surface area contributed by atoms with Gasteiger partial charge in [-0.25, -0.2) is 4.98 Å². The highest BCUT2D eigenvalue weighted by Crippen LogP contribution is 2.31. The van der Waals surface area contributed by atoms with Crippen LogP contribution in [0.1, 0.15) is 18.9 Å². The molecule has 0 aliphatic carbocycles. The van der Waals surface area contributed by atoms with Crippen LogP contribution in [0.15, 0.2) is 56.2 Å². The van der Waals surface area contributed by atoms with Crippen LogP contribution in [0.2, 0.25) is 0 Å². The van der Waals surface area contributed by atoms with Gasteiger partial charge < -0.3 is 9.72 Å². The first-order chi connectivity index (χ1) is 10.5. The second-order valence-corrected chi connectivity index (χ2v) is 6.57. The minimum absolute atomic E-state index is 0.161. The maximum Gasteiger partial charge on any atom is 0.258 e. The summed E-state index contributed by atoms with van der Waals surface area (Å²) in [5.74, 6) is 1.19. The van der Waals surface area contributed by atoms with E-state index in [1.54, 1.807) is 6.07 Å². The highest BCUT2D eigenvalue weighted by atomic mass is 79.9. The molecule has 0 fully saturated rings. The van der Waals surface area contributed by atoms with E-state index >= 15 is 0 Å². The second-order valence-electron chi connectivity index (χ2n) is 4.80. The first-order valence-electron chi connectivity index (χ1n) is 6.65. The number of hydrogen-bond acceptors (Lipinski definition) is 3. The third kappa shape index (κ3) is 3.08. The summed E-state index contributed by atoms with van der Waals surface area (Å²) in [4.78, 5) is 19.4. The minimum atomic E-state index is -0.380. The molecule has 1 N–H and O–H groups in total. The predicted molar refractivity (Wildman–Crippen MR) is 93.2 cm³/mol. The molecule has 1 unspecified atom stereocenters. The van der Waals surface area contributed by atoms with Crippen molar-refractivity contribution >= 4 is 42.8 Å². The first-order valence-corrected chi connectivity index (χ1v) is 8.24. The van der Waals surface area contributed by atoms with Gasteiger partial charge in [-0.15, -0.1) is 0 Å². The normalized spacial score (nSPS) is 12.3. The van der Waals surface area contributed by atoms with E-state index in [-0.39, 0.29) is 11.7 Å². The van der Waals surface area contributed by atoms with Crippen LogP contribution in [-0.2, 0) is 0 Å². The van der Waals surface area contributed by atoms with Gasteiger partial charge in [-0.1, -0.05) is 28.1 Å². The van der Waals surface area contributed by atoms with Gasteiger partial charge in [0.2, 0.25) is 0 Å². The average molecular weight is 424 g/mol. The predicted octanol–water partition coefficient (Wildman–Crippen LogP) is 4.59. The Hall–Kier alpha value is -1.66. The van der Waals surface area contributed by atoms with E-state index in [2.05, 4.69) is 41.8 Å². The molecule has 0 radical (unpaired) electrons. The summed E-state index contributed by atoms with van der Waals surface area (Å²) in [6, 6.07) is 12.9. The largest absolute Gasteiger partial charge is 0.482 e. The molecule has 0 bridgehead atoms. The van der Waals surface area contributed by atoms with Crippen LogP contribution < -0.4 is 10.3 Å². The molecule has 0 amide bonds. The van der Waals surface area contributed by atoms with E-state index in [4.69, 9.17) is 4.74 Å². The van der Waals surface area contributed by atoms with Crippen molar-refractivity contribution in [2.75, 3.05) is 0 Å². The number of hydrogen-bond donors (Lipinski definition) is 1. The monoisotopic (exact) mass is 422 g/mol. The van der Waals surface area contributed by atoms with Crippen LogP contribution in [-0.4, -0.2) is 9.97 Å². The van der Waals surface area contributed by atoms with Crippen molar-refractivity contribution in [1.29, 1.82) is 0 Å². The molecular formula is C16H12Br2N2O2. The summed E-state index contributed by atoms with van der Waals surface area (Å²) in [6.45, 7) is 1.85. The van der Waals surface area contributed by atoms with Gasteiger partial charge in [-0.2, -0.15) is 0 Å². The number of benzene rings is 2. The van der Waals surface area contributed by atoms with Crippen molar-refractivity contribution < 1.29 is 4.74 Å². The standard InChI is InChI=1S/C16H12Br2N2O2/c1-9(22-14-7-6-10(17)8-12(14)18)15-19-13-5-3-2-4-11(13)16(21)20-15/h2-9H,1H3,(H,19,20,21). The molecule has 112 valence electrons. The van der Waals surface area contributed by atoms with E-state index < -0.39 is 0 Å². The Balaban J connectivity index is 1.95. The van der Waals surface area contributed by atoms with Crippen molar-refractivity contribution in [1.82, 2.24) is 9.97 Å². The van der Waals surface area contributed by atoms with Gasteiger partial charge in [-0.3, -0.25) is 4.79 Å². The third-order valence-corrected chi connectivity index (χ3v) is 4.33. The zero-order valence-corrected chi connectivity index (χ0v) is 14.8. The fourth-order valence-electron chi connectivity index (χ4n) is 2.11. The van der Waals surface area contributed by atoms with E-state index in [9.17, 15) is 4.79 Å². The van der Waals surface area contributed by atoms with Crippen LogP contribution in [0.5, 0.6) is 5.75 Å². The van der Waals surface area contributed by atoms with Crippen LogP contribution in [0.4, 0.5) is 0 Å². The summed E-state index contributed by atoms with van der Waals surface area (Å²) in [5.41, 5.74) is 0.498. The molecule has 0 aliphatic heterocycles. The van der Waals surface area contributed by atoms with Gasteiger partial charge in [0, 0.05) is 4.47 Å². The molecule has 0 aliphatic rings. The number of nitrogens with one attached hydrogen (secondary N) is 1. The number of nitrogens with zero attached hydrogens (tertiary/aromatic N) is 1. The summed E-state index contributed by atoms with van der Waals surface area (Å²) >= 11 is 6.85. The van der Waals surface area contributed by atoms with Crippen molar-refractivity contribution in [3.63, 3.8) is 0 Å². The third-order valence-electron chi connectivity index (χ3n) is 3.21. The molecule has 0 saturated heterocycles. The highest BCUT2D eigenvalue weighted by molar-refractivity contribution is 9.11. The lowest BCUT2D eigenvalue weighted by Gasteiger charge is -2.15. The number of aromatic nitrogens is 2. The Bertz CT molecular complexity index is 893. The Kier molecular flexibility index (Phi) is 4.31. The quantitative estimate of drug-likeness (QED) is 0.670. The molecule has 0 spiro atoms. The van der Waals surface area contributed by atoms with Gasteiger partial charge in [0.25, 0.3) is 5.56 Å². The van der Waals surface area contributed by atoms with Crippen molar-refractivity contribution in [3.05, 3.63) is 67.6 Å². The first kappa shape index (κ1) is 15.2. The van der Waals surface area contributed by atoms with E-state index in [1.807, 2.05) is 43.3 Å². The van der Waals surface area contributed by atoms with Crippen LogP contribution in [0, 0.1) is 0 Å². The summed E-state index contributed by atoms with van der Waals surface area (Å²) < 4.78 is 7.68. The van der Waals surface area contributed by atoms with Crippen LogP contribution >= 0.6 is 31.9 Å². The number of ether oxygens (including phenoxy) is 1. The minimum Gasteiger partial charge on any atom is -0.482 e. The molecule has 22 heavy (non-hydrogen) atoms. The Morgan fingerprint density at radius 3 is 2.73 bits per heavy atom. The molecule has 4 nitrogen and oxygen atoms in total. The number of H-pyrrole nitrogens is 1. The number of aromatic amines is 1. The molecule has 0 saturated carbocycles. The highest BCUT2D eigenvalue weighted by Gasteiger charge is 2.14. The van der Waals surface area contributed by atoms with Gasteiger partial charge in [0.05, 0.1) is 15.4 Å². The number of para-hydroxylation sites is 1. The SMILES string of the molecule is CC(Oc1ccc(Br)cc1Br)c1nc2ccccc2c(=O)[nH]1. The average Bonchev–Trinajstić information content (AvgIpc) is 2.50. The lowest BCUT2D eigenvalue weighted by Crippen LogP contribution is -2.16. The molecule has 6 heteroatoms. The summed E-state index contributed by atoms with van der Waals surface area (Å²) in [6.07, 6.45) is -0.380. The van der Waals surface area contributed by atoms with Gasteiger partial charge in [0.1, 0.15) is 5.75 Å². The van der Waals surface area contributed by atoms with Gasteiger partial charge in [-0.05, 0) is 53.2 Å². The van der Waals surface area contributed by atoms with Gasteiger partial charge in [0.15, 0.2) is 11.9 Å². The lowest BCUT2D eigenvalue weighted by molar-refractivity contribution is 0.215. The van der Waals surface area contributed by atoms with E-state index in [0.717, 1.165) is 8.95 Å². The second kappa shape index (κ2) is 6.22. The zero-order valence-electron chi connectivity index (χ0n) is 11.6. The summed E-state index contributed by atoms with van der Waals surface area (Å²) in [7, 11) is 0. The molecule has 1 aromatic heterocycles. The maximum atomic E-state index is 12.1. The number of rotatable bonds is 3. The van der Waals surface area contributed by atoms with Crippen molar-refractivity contribution in [2.24, 2.45) is 0 Å². The summed E-state index contributed by atoms with van der Waals surface area (Å²) in [5, 5.41) is 0.572. The fourth-order valence-corrected chi connectivity index (χ4v) is 3.25. The fraction of sp³-hybridized carbons (Fsp3) is 0.125. The van der Waals surface area contributed by atoms with E-state index in [0.29, 0.717) is 22.5 Å². The Labute approximate surface area is 143 Å². The molecular weight excluding hydrogens is 412 g/mol. The topological polar surface area (TPSA) is 55.0 Å². The van der Waals surface area contributed by atoms with Gasteiger partial charge >= 0.3 is 0 Å². The van der Waals surface area contributed by atoms with E-state index in [1.165, 1.54) is 0 Å².